The summed E-state index contributed by atoms with van der Waals surface area (Å²) in [5.74, 6) is 0.0395. The molecule has 0 aliphatic heterocycles. The molecular formula is C29H37FN8O4. The minimum Gasteiger partial charge on any atom is -0.494 e. The molecule has 1 N–H and O–H groups in total. The normalized spacial score (nSPS) is 11.5. The third-order valence-electron chi connectivity index (χ3n) is 6.56. The van der Waals surface area contributed by atoms with Gasteiger partial charge in [-0.2, -0.15) is 4.98 Å². The highest BCUT2D eigenvalue weighted by Crippen LogP contribution is 2.39. The zero-order valence-corrected chi connectivity index (χ0v) is 25.2. The molecule has 0 radical (unpaired) electrons. The smallest absolute Gasteiger partial charge is 0.297 e. The number of nitro benzene ring substituents is 1. The monoisotopic (exact) mass is 580 g/mol. The van der Waals surface area contributed by atoms with E-state index in [1.165, 1.54) is 25.4 Å². The van der Waals surface area contributed by atoms with Crippen LogP contribution in [0.4, 0.5) is 27.4 Å². The summed E-state index contributed by atoms with van der Waals surface area (Å²) in [6.07, 6.45) is 1.40. The highest BCUT2D eigenvalue weighted by atomic mass is 19.1. The number of rotatable bonds is 12. The quantitative estimate of drug-likeness (QED) is 0.166. The van der Waals surface area contributed by atoms with Gasteiger partial charge in [0, 0.05) is 50.1 Å². The number of nitrogens with zero attached hydrogens (tertiary/aromatic N) is 7. The maximum atomic E-state index is 15.3. The van der Waals surface area contributed by atoms with E-state index >= 15 is 4.39 Å². The van der Waals surface area contributed by atoms with Crippen LogP contribution in [0.2, 0.25) is 0 Å². The second-order valence-electron chi connectivity index (χ2n) is 10.8. The number of hydrogen-bond donors (Lipinski definition) is 1. The van der Waals surface area contributed by atoms with Crippen molar-refractivity contribution in [1.29, 1.82) is 0 Å². The van der Waals surface area contributed by atoms with Crippen LogP contribution in [0.5, 0.6) is 11.8 Å². The summed E-state index contributed by atoms with van der Waals surface area (Å²) in [6, 6.07) is 8.18. The van der Waals surface area contributed by atoms with Gasteiger partial charge in [-0.25, -0.2) is 14.4 Å². The number of benzene rings is 2. The molecule has 0 fully saturated rings. The van der Waals surface area contributed by atoms with Crippen LogP contribution in [0.1, 0.15) is 33.7 Å². The van der Waals surface area contributed by atoms with Crippen molar-refractivity contribution in [1.82, 2.24) is 24.4 Å². The lowest BCUT2D eigenvalue weighted by Gasteiger charge is -2.22. The van der Waals surface area contributed by atoms with Crippen molar-refractivity contribution < 1.29 is 18.8 Å². The van der Waals surface area contributed by atoms with E-state index in [1.807, 2.05) is 62.2 Å². The van der Waals surface area contributed by atoms with Gasteiger partial charge in [-0.05, 0) is 60.0 Å². The summed E-state index contributed by atoms with van der Waals surface area (Å²) in [7, 11) is 7.16. The second kappa shape index (κ2) is 12.6. The fourth-order valence-corrected chi connectivity index (χ4v) is 4.52. The average Bonchev–Trinajstić information content (AvgIpc) is 3.29. The summed E-state index contributed by atoms with van der Waals surface area (Å²) in [4.78, 5) is 28.7. The fraction of sp³-hybridized carbons (Fsp3) is 0.414. The number of hydrogen-bond acceptors (Lipinski definition) is 10. The van der Waals surface area contributed by atoms with Gasteiger partial charge in [-0.1, -0.05) is 0 Å². The average molecular weight is 581 g/mol. The predicted molar refractivity (Wildman–Crippen MR) is 162 cm³/mol. The number of aromatic nitrogens is 4. The van der Waals surface area contributed by atoms with Crippen molar-refractivity contribution in [3.05, 3.63) is 52.5 Å². The van der Waals surface area contributed by atoms with Gasteiger partial charge < -0.3 is 24.6 Å². The largest absolute Gasteiger partial charge is 0.494 e. The molecule has 2 aromatic carbocycles. The van der Waals surface area contributed by atoms with E-state index in [1.54, 1.807) is 19.2 Å². The van der Waals surface area contributed by atoms with Gasteiger partial charge in [0.05, 0.1) is 35.0 Å². The number of anilines is 3. The van der Waals surface area contributed by atoms with Crippen LogP contribution in [0.3, 0.4) is 0 Å². The molecular weight excluding hydrogens is 543 g/mol. The molecule has 0 aliphatic carbocycles. The van der Waals surface area contributed by atoms with Gasteiger partial charge in [-0.15, -0.1) is 0 Å². The highest BCUT2D eigenvalue weighted by Gasteiger charge is 2.23. The minimum absolute atomic E-state index is 0.0332. The van der Waals surface area contributed by atoms with Crippen LogP contribution in [0.15, 0.2) is 36.5 Å². The van der Waals surface area contributed by atoms with E-state index in [-0.39, 0.29) is 29.3 Å². The molecule has 0 saturated carbocycles. The SMILES string of the molecule is COc1cc(N(C)CCN(C)C)c([N+](=O)[O-])cc1Nc1nccc(-c2cc(F)c3nc(OC(C)C)n(C(C)C)c3c2)n1. The summed E-state index contributed by atoms with van der Waals surface area (Å²) in [6.45, 7) is 9.03. The Morgan fingerprint density at radius 3 is 2.45 bits per heavy atom. The van der Waals surface area contributed by atoms with Crippen molar-refractivity contribution in [2.45, 2.75) is 39.8 Å². The number of fused-ring (bicyclic) bond motifs is 1. The Balaban J connectivity index is 1.72. The second-order valence-corrected chi connectivity index (χ2v) is 10.8. The Kier molecular flexibility index (Phi) is 9.10. The van der Waals surface area contributed by atoms with E-state index in [4.69, 9.17) is 9.47 Å². The Morgan fingerprint density at radius 2 is 1.83 bits per heavy atom. The van der Waals surface area contributed by atoms with Gasteiger partial charge in [-0.3, -0.25) is 14.7 Å². The molecule has 4 aromatic rings. The number of methoxy groups -OCH3 is 1. The zero-order valence-electron chi connectivity index (χ0n) is 25.2. The van der Waals surface area contributed by atoms with Crippen LogP contribution >= 0.6 is 0 Å². The number of nitro groups is 1. The maximum Gasteiger partial charge on any atom is 0.297 e. The van der Waals surface area contributed by atoms with Gasteiger partial charge in [0.15, 0.2) is 5.82 Å². The van der Waals surface area contributed by atoms with E-state index in [0.29, 0.717) is 53.0 Å². The molecule has 224 valence electrons. The van der Waals surface area contributed by atoms with Crippen molar-refractivity contribution >= 4 is 34.0 Å². The zero-order chi connectivity index (χ0) is 30.7. The Labute approximate surface area is 244 Å². The lowest BCUT2D eigenvalue weighted by Crippen LogP contribution is -2.28. The molecule has 0 saturated heterocycles. The van der Waals surface area contributed by atoms with Gasteiger partial charge in [0.1, 0.15) is 17.0 Å². The molecule has 2 aromatic heterocycles. The lowest BCUT2D eigenvalue weighted by molar-refractivity contribution is -0.384. The van der Waals surface area contributed by atoms with Crippen molar-refractivity contribution in [3.8, 4) is 23.0 Å². The number of imidazole rings is 1. The minimum atomic E-state index is -0.505. The molecule has 42 heavy (non-hydrogen) atoms. The first kappa shape index (κ1) is 30.4. The van der Waals surface area contributed by atoms with E-state index < -0.39 is 10.7 Å². The van der Waals surface area contributed by atoms with Crippen LogP contribution in [0, 0.1) is 15.9 Å². The molecule has 0 amide bonds. The predicted octanol–water partition coefficient (Wildman–Crippen LogP) is 5.66. The number of ether oxygens (including phenoxy) is 2. The van der Waals surface area contributed by atoms with Crippen LogP contribution in [0.25, 0.3) is 22.3 Å². The van der Waals surface area contributed by atoms with Gasteiger partial charge in [0.25, 0.3) is 11.7 Å². The number of nitrogens with one attached hydrogen (secondary N) is 1. The van der Waals surface area contributed by atoms with Crippen molar-refractivity contribution in [2.24, 2.45) is 0 Å². The first-order chi connectivity index (χ1) is 19.9. The number of halogens is 1. The summed E-state index contributed by atoms with van der Waals surface area (Å²) >= 11 is 0. The topological polar surface area (TPSA) is 124 Å². The Morgan fingerprint density at radius 1 is 1.10 bits per heavy atom. The summed E-state index contributed by atoms with van der Waals surface area (Å²) < 4.78 is 28.6. The van der Waals surface area contributed by atoms with E-state index in [2.05, 4.69) is 20.3 Å². The highest BCUT2D eigenvalue weighted by molar-refractivity contribution is 5.84. The first-order valence-electron chi connectivity index (χ1n) is 13.6. The Bertz CT molecular complexity index is 1590. The molecule has 0 unspecified atom stereocenters. The molecule has 0 bridgehead atoms. The maximum absolute atomic E-state index is 15.3. The van der Waals surface area contributed by atoms with Crippen molar-refractivity contribution in [2.75, 3.05) is 51.6 Å². The third-order valence-corrected chi connectivity index (χ3v) is 6.56. The molecule has 0 spiro atoms. The lowest BCUT2D eigenvalue weighted by atomic mass is 10.1. The third kappa shape index (κ3) is 6.51. The fourth-order valence-electron chi connectivity index (χ4n) is 4.52. The Hall–Kier alpha value is -4.52. The molecule has 2 heterocycles. The summed E-state index contributed by atoms with van der Waals surface area (Å²) in [5, 5.41) is 15.0. The molecule has 0 atom stereocenters. The molecule has 12 nitrogen and oxygen atoms in total. The van der Waals surface area contributed by atoms with Gasteiger partial charge in [0.2, 0.25) is 5.95 Å². The van der Waals surface area contributed by atoms with Crippen LogP contribution < -0.4 is 19.7 Å². The first-order valence-corrected chi connectivity index (χ1v) is 13.6. The summed E-state index contributed by atoms with van der Waals surface area (Å²) in [5.41, 5.74) is 2.40. The van der Waals surface area contributed by atoms with E-state index in [0.717, 1.165) is 0 Å². The van der Waals surface area contributed by atoms with Crippen molar-refractivity contribution in [3.63, 3.8) is 0 Å². The molecule has 0 aliphatic rings. The van der Waals surface area contributed by atoms with E-state index in [9.17, 15) is 10.1 Å². The molecule has 13 heteroatoms. The number of likely N-dealkylation sites (N-methyl/N-ethyl adjacent to an activating group) is 2. The standard InChI is InChI=1S/C29H37FN8O4/c1-17(2)37-25-14-19(13-20(30)27(25)34-29(37)42-18(3)4)21-9-10-31-28(32-21)33-22-15-24(38(39)40)23(16-26(22)41-8)36(7)12-11-35(5)6/h9-10,13-18H,11-12H2,1-8H3,(H,31,32,33). The molecule has 4 rings (SSSR count). The van der Waals surface area contributed by atoms with Crippen LogP contribution in [-0.4, -0.2) is 76.8 Å². The van der Waals surface area contributed by atoms with Gasteiger partial charge >= 0.3 is 0 Å². The van der Waals surface area contributed by atoms with Crippen LogP contribution in [-0.2, 0) is 0 Å².